The molecule has 1 aliphatic rings. The molecule has 2 aromatic rings. The molecule has 0 saturated heterocycles. The number of nitrogens with one attached hydrogen (secondary N) is 1. The van der Waals surface area contributed by atoms with Crippen LogP contribution in [0.15, 0.2) is 42.5 Å². The molecule has 0 amide bonds. The first-order chi connectivity index (χ1) is 9.76. The maximum atomic E-state index is 9.41. The molecule has 0 fully saturated rings. The van der Waals surface area contributed by atoms with Crippen LogP contribution in [-0.2, 0) is 6.61 Å². The zero-order valence-electron chi connectivity index (χ0n) is 11.3. The molecule has 0 aromatic heterocycles. The first-order valence-corrected chi connectivity index (χ1v) is 6.61. The summed E-state index contributed by atoms with van der Waals surface area (Å²) in [7, 11) is 1.93. The lowest BCUT2D eigenvalue weighted by molar-refractivity contribution is 0.298. The van der Waals surface area contributed by atoms with E-state index in [0.29, 0.717) is 13.2 Å². The van der Waals surface area contributed by atoms with Gasteiger partial charge >= 0.3 is 0 Å². The molecule has 1 atom stereocenters. The lowest BCUT2D eigenvalue weighted by atomic mass is 10.1. The van der Waals surface area contributed by atoms with Crippen LogP contribution in [0.1, 0.15) is 17.2 Å². The molecule has 4 nitrogen and oxygen atoms in total. The average molecular weight is 271 g/mol. The minimum atomic E-state index is 0.250. The Kier molecular flexibility index (Phi) is 3.48. The van der Waals surface area contributed by atoms with E-state index in [1.165, 1.54) is 0 Å². The topological polar surface area (TPSA) is 50.7 Å². The second-order valence-corrected chi connectivity index (χ2v) is 4.81. The number of rotatable bonds is 4. The quantitative estimate of drug-likeness (QED) is 0.897. The molecule has 104 valence electrons. The highest BCUT2D eigenvalue weighted by atomic mass is 16.5. The van der Waals surface area contributed by atoms with Crippen molar-refractivity contribution >= 4 is 0 Å². The van der Waals surface area contributed by atoms with Crippen LogP contribution in [0.5, 0.6) is 17.2 Å². The summed E-state index contributed by atoms with van der Waals surface area (Å²) in [5, 5.41) is 12.6. The van der Waals surface area contributed by atoms with E-state index in [1.54, 1.807) is 18.2 Å². The van der Waals surface area contributed by atoms with Crippen LogP contribution in [0.2, 0.25) is 0 Å². The Morgan fingerprint density at radius 2 is 2.20 bits per heavy atom. The van der Waals surface area contributed by atoms with Crippen molar-refractivity contribution in [1.82, 2.24) is 5.32 Å². The fraction of sp³-hybridized carbons (Fsp3) is 0.250. The van der Waals surface area contributed by atoms with Crippen molar-refractivity contribution in [3.63, 3.8) is 0 Å². The van der Waals surface area contributed by atoms with E-state index in [2.05, 4.69) is 5.32 Å². The van der Waals surface area contributed by atoms with Gasteiger partial charge in [0.1, 0.15) is 30.5 Å². The van der Waals surface area contributed by atoms with Gasteiger partial charge in [0.05, 0.1) is 6.04 Å². The fourth-order valence-electron chi connectivity index (χ4n) is 2.33. The minimum absolute atomic E-state index is 0.250. The zero-order valence-corrected chi connectivity index (χ0v) is 11.3. The number of phenols is 1. The average Bonchev–Trinajstić information content (AvgIpc) is 2.87. The van der Waals surface area contributed by atoms with Crippen LogP contribution < -0.4 is 14.8 Å². The largest absolute Gasteiger partial charge is 0.508 e. The molecule has 0 aliphatic carbocycles. The van der Waals surface area contributed by atoms with Gasteiger partial charge in [-0.05, 0) is 36.9 Å². The summed E-state index contributed by atoms with van der Waals surface area (Å²) >= 11 is 0. The predicted octanol–water partition coefficient (Wildman–Crippen LogP) is 2.62. The smallest absolute Gasteiger partial charge is 0.127 e. The highest BCUT2D eigenvalue weighted by Crippen LogP contribution is 2.35. The van der Waals surface area contributed by atoms with E-state index in [9.17, 15) is 5.11 Å². The van der Waals surface area contributed by atoms with E-state index in [4.69, 9.17) is 9.47 Å². The molecule has 2 N–H and O–H groups in total. The lowest BCUT2D eigenvalue weighted by Gasteiger charge is -2.09. The molecule has 0 spiro atoms. The van der Waals surface area contributed by atoms with E-state index in [-0.39, 0.29) is 11.8 Å². The fourth-order valence-corrected chi connectivity index (χ4v) is 2.33. The highest BCUT2D eigenvalue weighted by molar-refractivity contribution is 5.45. The second-order valence-electron chi connectivity index (χ2n) is 4.81. The third-order valence-electron chi connectivity index (χ3n) is 3.43. The standard InChI is InChI=1S/C16H17NO3/c1-17-15-10-20-16-8-13(5-6-14(15)16)19-9-11-3-2-4-12(18)7-11/h2-8,15,17-18H,9-10H2,1H3. The Morgan fingerprint density at radius 1 is 1.30 bits per heavy atom. The first-order valence-electron chi connectivity index (χ1n) is 6.61. The van der Waals surface area contributed by atoms with Gasteiger partial charge in [-0.3, -0.25) is 0 Å². The van der Waals surface area contributed by atoms with Gasteiger partial charge < -0.3 is 19.9 Å². The van der Waals surface area contributed by atoms with Crippen LogP contribution in [0.4, 0.5) is 0 Å². The number of likely N-dealkylation sites (N-methyl/N-ethyl adjacent to an activating group) is 1. The predicted molar refractivity (Wildman–Crippen MR) is 76.2 cm³/mol. The molecule has 4 heteroatoms. The molecule has 1 aliphatic heterocycles. The highest BCUT2D eigenvalue weighted by Gasteiger charge is 2.22. The van der Waals surface area contributed by atoms with E-state index in [1.807, 2.05) is 31.3 Å². The summed E-state index contributed by atoms with van der Waals surface area (Å²) in [5.74, 6) is 1.89. The Hall–Kier alpha value is -2.20. The van der Waals surface area contributed by atoms with E-state index < -0.39 is 0 Å². The summed E-state index contributed by atoms with van der Waals surface area (Å²) in [4.78, 5) is 0. The molecular weight excluding hydrogens is 254 g/mol. The molecule has 0 bridgehead atoms. The molecule has 1 unspecified atom stereocenters. The number of aromatic hydroxyl groups is 1. The molecular formula is C16H17NO3. The van der Waals surface area contributed by atoms with Crippen LogP contribution in [0.25, 0.3) is 0 Å². The van der Waals surface area contributed by atoms with Gasteiger partial charge in [0.25, 0.3) is 0 Å². The molecule has 0 saturated carbocycles. The van der Waals surface area contributed by atoms with Gasteiger partial charge in [-0.2, -0.15) is 0 Å². The van der Waals surface area contributed by atoms with Gasteiger partial charge in [0.2, 0.25) is 0 Å². The molecule has 1 heterocycles. The summed E-state index contributed by atoms with van der Waals surface area (Å²) < 4.78 is 11.4. The van der Waals surface area contributed by atoms with Crippen molar-refractivity contribution in [2.24, 2.45) is 0 Å². The van der Waals surface area contributed by atoms with E-state index in [0.717, 1.165) is 22.6 Å². The summed E-state index contributed by atoms with van der Waals surface area (Å²) in [6, 6.07) is 13.2. The normalized spacial score (nSPS) is 16.6. The van der Waals surface area contributed by atoms with Gasteiger partial charge in [0.15, 0.2) is 0 Å². The Labute approximate surface area is 118 Å². The third kappa shape index (κ3) is 2.56. The summed E-state index contributed by atoms with van der Waals surface area (Å²) in [5.41, 5.74) is 2.09. The van der Waals surface area contributed by atoms with Crippen molar-refractivity contribution in [3.05, 3.63) is 53.6 Å². The van der Waals surface area contributed by atoms with Crippen molar-refractivity contribution in [2.45, 2.75) is 12.6 Å². The molecule has 2 aromatic carbocycles. The molecule has 3 rings (SSSR count). The maximum Gasteiger partial charge on any atom is 0.127 e. The summed E-state index contributed by atoms with van der Waals surface area (Å²) in [6.45, 7) is 1.07. The minimum Gasteiger partial charge on any atom is -0.508 e. The third-order valence-corrected chi connectivity index (χ3v) is 3.43. The van der Waals surface area contributed by atoms with Crippen molar-refractivity contribution < 1.29 is 14.6 Å². The molecule has 0 radical (unpaired) electrons. The van der Waals surface area contributed by atoms with Crippen LogP contribution in [0, 0.1) is 0 Å². The number of fused-ring (bicyclic) bond motifs is 1. The number of hydrogen-bond acceptors (Lipinski definition) is 4. The first kappa shape index (κ1) is 12.8. The lowest BCUT2D eigenvalue weighted by Crippen LogP contribution is -2.17. The number of ether oxygens (including phenoxy) is 2. The van der Waals surface area contributed by atoms with Crippen LogP contribution >= 0.6 is 0 Å². The zero-order chi connectivity index (χ0) is 13.9. The monoisotopic (exact) mass is 271 g/mol. The van der Waals surface area contributed by atoms with Crippen molar-refractivity contribution in [2.75, 3.05) is 13.7 Å². The Balaban J connectivity index is 1.70. The van der Waals surface area contributed by atoms with Crippen LogP contribution in [0.3, 0.4) is 0 Å². The summed E-state index contributed by atoms with van der Waals surface area (Å²) in [6.07, 6.45) is 0. The Morgan fingerprint density at radius 3 is 3.00 bits per heavy atom. The number of phenolic OH excluding ortho intramolecular Hbond substituents is 1. The second kappa shape index (κ2) is 5.43. The molecule has 20 heavy (non-hydrogen) atoms. The SMILES string of the molecule is CNC1COc2cc(OCc3cccc(O)c3)ccc21. The van der Waals surface area contributed by atoms with Gasteiger partial charge in [-0.15, -0.1) is 0 Å². The van der Waals surface area contributed by atoms with E-state index >= 15 is 0 Å². The number of benzene rings is 2. The number of hydrogen-bond donors (Lipinski definition) is 2. The van der Waals surface area contributed by atoms with Gasteiger partial charge in [0, 0.05) is 11.6 Å². The van der Waals surface area contributed by atoms with Crippen LogP contribution in [-0.4, -0.2) is 18.8 Å². The van der Waals surface area contributed by atoms with Gasteiger partial charge in [-0.25, -0.2) is 0 Å². The van der Waals surface area contributed by atoms with Crippen molar-refractivity contribution in [3.8, 4) is 17.2 Å². The maximum absolute atomic E-state index is 9.41. The van der Waals surface area contributed by atoms with Gasteiger partial charge in [-0.1, -0.05) is 12.1 Å². The van der Waals surface area contributed by atoms with Crippen molar-refractivity contribution in [1.29, 1.82) is 0 Å². The Bertz CT molecular complexity index is 612.